The lowest BCUT2D eigenvalue weighted by atomic mass is 10.2. The van der Waals surface area contributed by atoms with Crippen LogP contribution in [-0.4, -0.2) is 61.0 Å². The molecule has 1 saturated heterocycles. The third-order valence-corrected chi connectivity index (χ3v) is 9.72. The molecule has 0 spiro atoms. The number of thiazole rings is 1. The Kier molecular flexibility index (Phi) is 7.88. The summed E-state index contributed by atoms with van der Waals surface area (Å²) < 4.78 is 39.8. The summed E-state index contributed by atoms with van der Waals surface area (Å²) in [5.41, 5.74) is 1.68. The van der Waals surface area contributed by atoms with Crippen molar-refractivity contribution in [1.82, 2.24) is 14.3 Å². The number of fused-ring (bicyclic) bond motifs is 1. The first-order valence-electron chi connectivity index (χ1n) is 12.3. The zero-order valence-electron chi connectivity index (χ0n) is 21.6. The SMILES string of the molecule is COc1ccc(Cl)c2sc(N(Cc3cccnc3)C(=O)c3ccc(S(=O)(=O)N4CC(C)OC(C)C4)cc3)nc12. The lowest BCUT2D eigenvalue weighted by Crippen LogP contribution is -2.48. The fourth-order valence-corrected chi connectivity index (χ4v) is 7.37. The molecule has 1 aliphatic heterocycles. The number of morpholine rings is 1. The maximum Gasteiger partial charge on any atom is 0.260 e. The predicted molar refractivity (Wildman–Crippen MR) is 151 cm³/mol. The molecule has 0 bridgehead atoms. The fourth-order valence-electron chi connectivity index (χ4n) is 4.52. The number of carbonyl (C=O) groups is 1. The van der Waals surface area contributed by atoms with Gasteiger partial charge in [0, 0.05) is 31.0 Å². The van der Waals surface area contributed by atoms with E-state index in [2.05, 4.69) is 4.98 Å². The average molecular weight is 587 g/mol. The van der Waals surface area contributed by atoms with Gasteiger partial charge in [0.25, 0.3) is 5.91 Å². The van der Waals surface area contributed by atoms with Crippen molar-refractivity contribution in [3.63, 3.8) is 0 Å². The van der Waals surface area contributed by atoms with Gasteiger partial charge < -0.3 is 9.47 Å². The summed E-state index contributed by atoms with van der Waals surface area (Å²) in [6, 6.07) is 13.1. The molecule has 0 radical (unpaired) electrons. The van der Waals surface area contributed by atoms with Gasteiger partial charge in [-0.15, -0.1) is 0 Å². The minimum absolute atomic E-state index is 0.121. The number of amides is 1. The number of rotatable bonds is 7. The number of aromatic nitrogens is 2. The van der Waals surface area contributed by atoms with Crippen molar-refractivity contribution in [1.29, 1.82) is 0 Å². The number of pyridine rings is 1. The van der Waals surface area contributed by atoms with E-state index in [1.165, 1.54) is 44.8 Å². The van der Waals surface area contributed by atoms with E-state index >= 15 is 0 Å². The molecule has 1 amide bonds. The number of hydrogen-bond donors (Lipinski definition) is 0. The van der Waals surface area contributed by atoms with Crippen LogP contribution in [0.5, 0.6) is 5.75 Å². The van der Waals surface area contributed by atoms with Gasteiger partial charge in [-0.25, -0.2) is 13.4 Å². The third-order valence-electron chi connectivity index (χ3n) is 6.33. The first kappa shape index (κ1) is 27.5. The summed E-state index contributed by atoms with van der Waals surface area (Å²) in [6.45, 7) is 4.45. The molecule has 1 fully saturated rings. The number of nitrogens with zero attached hydrogens (tertiary/aromatic N) is 4. The van der Waals surface area contributed by atoms with Crippen LogP contribution in [0, 0.1) is 0 Å². The van der Waals surface area contributed by atoms with E-state index in [1.807, 2.05) is 19.9 Å². The molecule has 5 rings (SSSR count). The Morgan fingerprint density at radius 3 is 2.51 bits per heavy atom. The predicted octanol–water partition coefficient (Wildman–Crippen LogP) is 5.00. The molecule has 2 atom stereocenters. The minimum atomic E-state index is -3.74. The Morgan fingerprint density at radius 1 is 1.15 bits per heavy atom. The lowest BCUT2D eigenvalue weighted by molar-refractivity contribution is -0.0440. The monoisotopic (exact) mass is 586 g/mol. The molecule has 4 aromatic rings. The zero-order chi connectivity index (χ0) is 27.7. The summed E-state index contributed by atoms with van der Waals surface area (Å²) >= 11 is 7.71. The minimum Gasteiger partial charge on any atom is -0.494 e. The molecule has 204 valence electrons. The number of hydrogen-bond acceptors (Lipinski definition) is 8. The second-order valence-corrected chi connectivity index (χ2v) is 12.6. The second-order valence-electron chi connectivity index (χ2n) is 9.28. The highest BCUT2D eigenvalue weighted by molar-refractivity contribution is 7.89. The van der Waals surface area contributed by atoms with E-state index in [0.29, 0.717) is 31.7 Å². The quantitative estimate of drug-likeness (QED) is 0.300. The van der Waals surface area contributed by atoms with Crippen molar-refractivity contribution in [2.75, 3.05) is 25.1 Å². The molecule has 0 N–H and O–H groups in total. The second kappa shape index (κ2) is 11.2. The molecule has 2 aromatic heterocycles. The topological polar surface area (TPSA) is 102 Å². The molecule has 39 heavy (non-hydrogen) atoms. The highest BCUT2D eigenvalue weighted by atomic mass is 35.5. The van der Waals surface area contributed by atoms with Crippen LogP contribution in [0.3, 0.4) is 0 Å². The van der Waals surface area contributed by atoms with Crippen LogP contribution in [-0.2, 0) is 21.3 Å². The summed E-state index contributed by atoms with van der Waals surface area (Å²) in [7, 11) is -2.19. The fraction of sp³-hybridized carbons (Fsp3) is 0.296. The van der Waals surface area contributed by atoms with Crippen molar-refractivity contribution >= 4 is 54.2 Å². The van der Waals surface area contributed by atoms with Crippen molar-refractivity contribution in [2.45, 2.75) is 37.5 Å². The maximum atomic E-state index is 13.8. The standard InChI is InChI=1S/C27H27ClN4O5S2/c1-17-14-31(15-18(2)37-17)39(34,35)21-8-6-20(7-9-21)26(33)32(16-19-5-4-12-29-13-19)27-30-24-23(36-3)11-10-22(28)25(24)38-27/h4-13,17-18H,14-16H2,1-3H3. The van der Waals surface area contributed by atoms with Crippen LogP contribution in [0.4, 0.5) is 5.13 Å². The molecule has 0 aliphatic carbocycles. The van der Waals surface area contributed by atoms with Gasteiger partial charge in [-0.1, -0.05) is 29.0 Å². The first-order chi connectivity index (χ1) is 18.7. The lowest BCUT2D eigenvalue weighted by Gasteiger charge is -2.34. The molecular weight excluding hydrogens is 560 g/mol. The molecule has 2 unspecified atom stereocenters. The van der Waals surface area contributed by atoms with Crippen molar-refractivity contribution < 1.29 is 22.7 Å². The first-order valence-corrected chi connectivity index (χ1v) is 14.9. The number of ether oxygens (including phenoxy) is 2. The molecule has 2 aromatic carbocycles. The Bertz CT molecular complexity index is 1590. The van der Waals surface area contributed by atoms with Crippen LogP contribution < -0.4 is 9.64 Å². The van der Waals surface area contributed by atoms with Gasteiger partial charge in [0.15, 0.2) is 5.13 Å². The Balaban J connectivity index is 1.49. The van der Waals surface area contributed by atoms with E-state index in [-0.39, 0.29) is 42.6 Å². The van der Waals surface area contributed by atoms with Gasteiger partial charge in [-0.3, -0.25) is 14.7 Å². The van der Waals surface area contributed by atoms with Gasteiger partial charge in [-0.2, -0.15) is 4.31 Å². The highest BCUT2D eigenvalue weighted by Crippen LogP contribution is 2.39. The molecule has 1 aliphatic rings. The largest absolute Gasteiger partial charge is 0.494 e. The van der Waals surface area contributed by atoms with Crippen LogP contribution in [0.25, 0.3) is 10.2 Å². The van der Waals surface area contributed by atoms with Crippen molar-refractivity contribution in [3.8, 4) is 5.75 Å². The van der Waals surface area contributed by atoms with Crippen LogP contribution in [0.15, 0.2) is 65.8 Å². The highest BCUT2D eigenvalue weighted by Gasteiger charge is 2.32. The van der Waals surface area contributed by atoms with Gasteiger partial charge >= 0.3 is 0 Å². The molecule has 3 heterocycles. The number of halogens is 1. The number of methoxy groups -OCH3 is 1. The Hall–Kier alpha value is -3.09. The van der Waals surface area contributed by atoms with Crippen LogP contribution in [0.1, 0.15) is 29.8 Å². The zero-order valence-corrected chi connectivity index (χ0v) is 24.0. The van der Waals surface area contributed by atoms with Crippen LogP contribution >= 0.6 is 22.9 Å². The van der Waals surface area contributed by atoms with E-state index in [1.54, 1.807) is 37.7 Å². The van der Waals surface area contributed by atoms with Crippen molar-refractivity contribution in [2.24, 2.45) is 0 Å². The normalized spacial score (nSPS) is 18.3. The van der Waals surface area contributed by atoms with E-state index in [9.17, 15) is 13.2 Å². The van der Waals surface area contributed by atoms with Gasteiger partial charge in [0.2, 0.25) is 10.0 Å². The summed E-state index contributed by atoms with van der Waals surface area (Å²) in [4.78, 5) is 24.4. The summed E-state index contributed by atoms with van der Waals surface area (Å²) in [5.74, 6) is 0.206. The molecule has 12 heteroatoms. The summed E-state index contributed by atoms with van der Waals surface area (Å²) in [5, 5.41) is 0.933. The van der Waals surface area contributed by atoms with Crippen LogP contribution in [0.2, 0.25) is 5.02 Å². The molecular formula is C27H27ClN4O5S2. The van der Waals surface area contributed by atoms with E-state index in [0.717, 1.165) is 5.56 Å². The average Bonchev–Trinajstić information content (AvgIpc) is 3.38. The smallest absolute Gasteiger partial charge is 0.260 e. The van der Waals surface area contributed by atoms with E-state index < -0.39 is 10.0 Å². The molecule has 9 nitrogen and oxygen atoms in total. The maximum absolute atomic E-state index is 13.8. The number of benzene rings is 2. The Morgan fingerprint density at radius 2 is 1.87 bits per heavy atom. The third kappa shape index (κ3) is 5.64. The van der Waals surface area contributed by atoms with Gasteiger partial charge in [0.05, 0.1) is 40.5 Å². The van der Waals surface area contributed by atoms with Gasteiger partial charge in [-0.05, 0) is 61.9 Å². The Labute approximate surface area is 236 Å². The molecule has 0 saturated carbocycles. The number of sulfonamides is 1. The summed E-state index contributed by atoms with van der Waals surface area (Å²) in [6.07, 6.45) is 2.94. The van der Waals surface area contributed by atoms with E-state index in [4.69, 9.17) is 26.1 Å². The number of carbonyl (C=O) groups excluding carboxylic acids is 1. The van der Waals surface area contributed by atoms with Gasteiger partial charge in [0.1, 0.15) is 11.3 Å². The van der Waals surface area contributed by atoms with Crippen molar-refractivity contribution in [3.05, 3.63) is 77.1 Å². The number of anilines is 1.